The quantitative estimate of drug-likeness (QED) is 0.0214. The molecular formula is C91H80Cl8N12O12. The number of hydrogen-bond donors (Lipinski definition) is 10. The van der Waals surface area contributed by atoms with Gasteiger partial charge in [-0.1, -0.05) is 117 Å². The van der Waals surface area contributed by atoms with E-state index < -0.39 is 29.7 Å². The number of rotatable bonds is 27. The Morgan fingerprint density at radius 1 is 0.390 bits per heavy atom. The Kier molecular flexibility index (Phi) is 35.8. The van der Waals surface area contributed by atoms with E-state index in [-0.39, 0.29) is 85.3 Å². The van der Waals surface area contributed by atoms with Crippen molar-refractivity contribution >= 4 is 163 Å². The minimum Gasteiger partial charge on any atom is -0.396 e. The molecule has 1 aliphatic rings. The maximum absolute atomic E-state index is 12.8. The third-order valence-electron chi connectivity index (χ3n) is 18.2. The first-order valence-corrected chi connectivity index (χ1v) is 41.2. The van der Waals surface area contributed by atoms with Crippen LogP contribution in [0.4, 0.5) is 22.7 Å². The molecule has 123 heavy (non-hydrogen) atoms. The van der Waals surface area contributed by atoms with E-state index in [1.165, 1.54) is 60.7 Å². The lowest BCUT2D eigenvalue weighted by Gasteiger charge is -2.12. The van der Waals surface area contributed by atoms with Gasteiger partial charge in [-0.15, -0.1) is 0 Å². The monoisotopic (exact) mass is 1810 g/mol. The topological polar surface area (TPSA) is 343 Å². The molecular weight excluding hydrogens is 1740 g/mol. The minimum absolute atomic E-state index is 0.00705. The minimum atomic E-state index is -0.426. The van der Waals surface area contributed by atoms with Crippen LogP contribution in [0.3, 0.4) is 0 Å². The van der Waals surface area contributed by atoms with Gasteiger partial charge in [0.1, 0.15) is 0 Å². The predicted molar refractivity (Wildman–Crippen MR) is 485 cm³/mol. The summed E-state index contributed by atoms with van der Waals surface area (Å²) in [6, 6.07) is 60.1. The van der Waals surface area contributed by atoms with Gasteiger partial charge in [-0.3, -0.25) is 58.3 Å². The fourth-order valence-corrected chi connectivity index (χ4v) is 13.7. The molecule has 8 aromatic carbocycles. The van der Waals surface area contributed by atoms with Gasteiger partial charge in [0.25, 0.3) is 47.3 Å². The summed E-state index contributed by atoms with van der Waals surface area (Å²) < 4.78 is 10.5. The van der Waals surface area contributed by atoms with Gasteiger partial charge in [-0.05, 0) is 227 Å². The number of nitrogens with zero attached hydrogens (tertiary/aromatic N) is 4. The molecule has 4 aromatic heterocycles. The van der Waals surface area contributed by atoms with Crippen molar-refractivity contribution in [2.45, 2.75) is 44.8 Å². The van der Waals surface area contributed by atoms with Crippen LogP contribution < -0.4 is 42.5 Å². The summed E-state index contributed by atoms with van der Waals surface area (Å²) >= 11 is 50.2. The van der Waals surface area contributed by atoms with Gasteiger partial charge >= 0.3 is 0 Å². The molecule has 5 heterocycles. The van der Waals surface area contributed by atoms with Crippen molar-refractivity contribution in [2.75, 3.05) is 74.4 Å². The van der Waals surface area contributed by atoms with Crippen molar-refractivity contribution in [2.24, 2.45) is 0 Å². The van der Waals surface area contributed by atoms with Gasteiger partial charge in [-0.25, -0.2) is 0 Å². The number of methoxy groups -OCH3 is 1. The average Bonchev–Trinajstić information content (AvgIpc) is 1.08. The first-order chi connectivity index (χ1) is 59.4. The first-order valence-electron chi connectivity index (χ1n) is 38.1. The second-order valence-corrected chi connectivity index (χ2v) is 30.3. The third-order valence-corrected chi connectivity index (χ3v) is 20.7. The highest BCUT2D eigenvalue weighted by molar-refractivity contribution is 6.38. The molecule has 0 unspecified atom stereocenters. The highest BCUT2D eigenvalue weighted by atomic mass is 35.5. The van der Waals surface area contributed by atoms with Crippen molar-refractivity contribution in [3.63, 3.8) is 0 Å². The largest absolute Gasteiger partial charge is 0.396 e. The standard InChI is InChI=1S/C24H21Cl2N3O3.C23H21Cl2N3O3.2C22H19Cl2N3O3/c25-20-9-7-16(13-19(20)22-5-1-2-10-27-22)29-24(31)18-8-6-15(12-21(18)26)23(30)28-14-17-4-3-11-32-17;1-31-12-4-11-27-22(29)15-6-8-17(20(25)13-15)23(30)28-16-7-9-19(24)18(14-16)21-5-2-3-10-26-21;1-13(12-28)26-21(29)14-5-7-16(19(24)10-14)22(30)27-15-6-8-18(23)17(11-15)20-4-2-3-9-25-20;23-18-8-6-15(13-17(18)20-4-1-2-9-25-20)27-22(30)16-7-5-14(12-19(16)24)21(29)26-10-3-11-28/h1-2,5-10,12-13,17H,3-4,11,14H2,(H,28,30)(H,29,31);2-3,5-10,13-14H,4,11-12H2,1H3,(H,27,29)(H,28,30);2-11,13,28H,12H2,1H3,(H,26,29)(H,27,30);1-2,4-9,12-13,28H,3,10-11H2,(H,26,29)(H,27,30)/t17-;;13-;/m0.0./s1. The Labute approximate surface area is 748 Å². The van der Waals surface area contributed by atoms with Crippen LogP contribution in [0, 0.1) is 0 Å². The van der Waals surface area contributed by atoms with Crippen molar-refractivity contribution in [3.8, 4) is 45.0 Å². The zero-order valence-corrected chi connectivity index (χ0v) is 71.9. The number of carbonyl (C=O) groups is 8. The Morgan fingerprint density at radius 3 is 0.984 bits per heavy atom. The van der Waals surface area contributed by atoms with E-state index in [1.807, 2.05) is 66.7 Å². The molecule has 8 amide bonds. The molecule has 2 atom stereocenters. The highest BCUT2D eigenvalue weighted by Gasteiger charge is 2.23. The number of anilines is 4. The van der Waals surface area contributed by atoms with E-state index in [0.29, 0.717) is 149 Å². The van der Waals surface area contributed by atoms with E-state index in [4.69, 9.17) is 112 Å². The Balaban J connectivity index is 0.000000172. The van der Waals surface area contributed by atoms with E-state index in [2.05, 4.69) is 62.5 Å². The maximum atomic E-state index is 12.8. The van der Waals surface area contributed by atoms with Crippen LogP contribution in [0.1, 0.15) is 115 Å². The van der Waals surface area contributed by atoms with E-state index in [0.717, 1.165) is 19.4 Å². The molecule has 13 rings (SSSR count). The number of ether oxygens (including phenoxy) is 2. The molecule has 0 spiro atoms. The fraction of sp³-hybridized carbons (Fsp3) is 0.165. The molecule has 0 radical (unpaired) electrons. The van der Waals surface area contributed by atoms with Crippen molar-refractivity contribution in [1.82, 2.24) is 41.2 Å². The Morgan fingerprint density at radius 2 is 0.707 bits per heavy atom. The predicted octanol–water partition coefficient (Wildman–Crippen LogP) is 19.1. The maximum Gasteiger partial charge on any atom is 0.257 e. The van der Waals surface area contributed by atoms with Crippen LogP contribution in [0.2, 0.25) is 40.2 Å². The number of benzene rings is 8. The molecule has 632 valence electrons. The molecule has 0 aliphatic carbocycles. The van der Waals surface area contributed by atoms with Gasteiger partial charge < -0.3 is 62.2 Å². The molecule has 1 fully saturated rings. The number of hydrogen-bond acceptors (Lipinski definition) is 16. The van der Waals surface area contributed by atoms with E-state index in [1.54, 1.807) is 130 Å². The Hall–Kier alpha value is -11.7. The van der Waals surface area contributed by atoms with E-state index in [9.17, 15) is 38.4 Å². The van der Waals surface area contributed by atoms with Crippen molar-refractivity contribution in [3.05, 3.63) is 328 Å². The summed E-state index contributed by atoms with van der Waals surface area (Å²) in [7, 11) is 1.61. The van der Waals surface area contributed by atoms with Crippen LogP contribution in [0.15, 0.2) is 243 Å². The molecule has 0 bridgehead atoms. The lowest BCUT2D eigenvalue weighted by molar-refractivity contribution is 0.0856. The summed E-state index contributed by atoms with van der Waals surface area (Å²) in [5.74, 6) is -2.86. The van der Waals surface area contributed by atoms with Gasteiger partial charge in [0.05, 0.1) is 97.9 Å². The molecule has 1 aliphatic heterocycles. The summed E-state index contributed by atoms with van der Waals surface area (Å²) in [6.07, 6.45) is 9.84. The molecule has 32 heteroatoms. The van der Waals surface area contributed by atoms with Crippen LogP contribution in [0.5, 0.6) is 0 Å². The van der Waals surface area contributed by atoms with Crippen molar-refractivity contribution < 1.29 is 58.0 Å². The first kappa shape index (κ1) is 93.5. The second-order valence-electron chi connectivity index (χ2n) is 27.1. The molecule has 0 saturated carbocycles. The summed E-state index contributed by atoms with van der Waals surface area (Å²) in [5, 5.41) is 42.7. The highest BCUT2D eigenvalue weighted by Crippen LogP contribution is 2.35. The van der Waals surface area contributed by atoms with Crippen LogP contribution >= 0.6 is 92.8 Å². The number of aromatic nitrogens is 4. The summed E-state index contributed by atoms with van der Waals surface area (Å²) in [5.41, 5.74) is 10.1. The Bertz CT molecular complexity index is 5730. The number of nitrogens with one attached hydrogen (secondary N) is 8. The number of aliphatic hydroxyl groups excluding tert-OH is 2. The lowest BCUT2D eigenvalue weighted by Crippen LogP contribution is -2.35. The van der Waals surface area contributed by atoms with Crippen molar-refractivity contribution in [1.29, 1.82) is 0 Å². The van der Waals surface area contributed by atoms with E-state index >= 15 is 0 Å². The zero-order chi connectivity index (χ0) is 87.9. The van der Waals surface area contributed by atoms with Gasteiger partial charge in [0.2, 0.25) is 0 Å². The number of aliphatic hydroxyl groups is 2. The molecule has 12 aromatic rings. The second kappa shape index (κ2) is 47.1. The molecule has 10 N–H and O–H groups in total. The SMILES string of the molecule is COCCCNC(=O)c1ccc(C(=O)Nc2ccc(Cl)c(-c3ccccn3)c2)c(Cl)c1.C[C@@H](CO)NC(=O)c1ccc(C(=O)Nc2ccc(Cl)c(-c3ccccn3)c2)c(Cl)c1.O=C(NCCCO)c1ccc(C(=O)Nc2ccc(Cl)c(-c3ccccn3)c2)c(Cl)c1.O=C(NC[C@@H]1CCCO1)c1ccc(C(=O)Nc2ccc(Cl)c(-c3ccccn3)c2)c(Cl)c1. The summed E-state index contributed by atoms with van der Waals surface area (Å²) in [6.45, 7) is 4.07. The zero-order valence-electron chi connectivity index (χ0n) is 65.8. The number of carbonyl (C=O) groups excluding carboxylic acids is 8. The van der Waals surface area contributed by atoms with Gasteiger partial charge in [-0.2, -0.15) is 0 Å². The van der Waals surface area contributed by atoms with Crippen LogP contribution in [0.25, 0.3) is 45.0 Å². The van der Waals surface area contributed by atoms with Crippen LogP contribution in [-0.2, 0) is 9.47 Å². The summed E-state index contributed by atoms with van der Waals surface area (Å²) in [4.78, 5) is 117. The number of pyridine rings is 4. The van der Waals surface area contributed by atoms with Gasteiger partial charge in [0, 0.05) is 145 Å². The molecule has 1 saturated heterocycles. The lowest BCUT2D eigenvalue weighted by atomic mass is 10.1. The third kappa shape index (κ3) is 27.4. The average molecular weight is 1820 g/mol. The smallest absolute Gasteiger partial charge is 0.257 e. The fourth-order valence-electron chi connectivity index (χ4n) is 11.8. The number of amides is 8. The normalized spacial score (nSPS) is 12.0. The molecule has 24 nitrogen and oxygen atoms in total. The van der Waals surface area contributed by atoms with Gasteiger partial charge in [0.15, 0.2) is 0 Å². The van der Waals surface area contributed by atoms with Crippen LogP contribution in [-0.4, -0.2) is 143 Å². The number of halogens is 8.